The highest BCUT2D eigenvalue weighted by molar-refractivity contribution is 5.94. The van der Waals surface area contributed by atoms with Gasteiger partial charge in [0.15, 0.2) is 0 Å². The van der Waals surface area contributed by atoms with Crippen LogP contribution in [0.1, 0.15) is 40.4 Å². The average Bonchev–Trinajstić information content (AvgIpc) is 2.92. The number of quaternary nitrogens is 1. The fraction of sp³-hybridized carbons (Fsp3) is 0.441. The zero-order chi connectivity index (χ0) is 29.4. The molecule has 1 heterocycles. The summed E-state index contributed by atoms with van der Waals surface area (Å²) in [6, 6.07) is 21.5. The lowest BCUT2D eigenvalue weighted by molar-refractivity contribution is -0.870. The quantitative estimate of drug-likeness (QED) is 0.314. The predicted octanol–water partition coefficient (Wildman–Crippen LogP) is 4.74. The van der Waals surface area contributed by atoms with Gasteiger partial charge in [0.25, 0.3) is 5.91 Å². The second-order valence-corrected chi connectivity index (χ2v) is 12.6. The third-order valence-electron chi connectivity index (χ3n) is 7.59. The van der Waals surface area contributed by atoms with E-state index in [4.69, 9.17) is 0 Å². The Labute approximate surface area is 245 Å². The molecule has 0 saturated carbocycles. The molecule has 6 nitrogen and oxygen atoms in total. The Morgan fingerprint density at radius 2 is 1.83 bits per heavy atom. The number of rotatable bonds is 12. The second kappa shape index (κ2) is 14.2. The van der Waals surface area contributed by atoms with Crippen LogP contribution in [0.15, 0.2) is 66.7 Å². The van der Waals surface area contributed by atoms with Crippen molar-refractivity contribution in [2.45, 2.75) is 39.0 Å². The number of halogens is 1. The van der Waals surface area contributed by atoms with Gasteiger partial charge in [-0.2, -0.15) is 0 Å². The van der Waals surface area contributed by atoms with E-state index in [2.05, 4.69) is 73.7 Å². The second-order valence-electron chi connectivity index (χ2n) is 12.6. The van der Waals surface area contributed by atoms with Crippen molar-refractivity contribution in [3.05, 3.63) is 94.8 Å². The average molecular weight is 561 g/mol. The van der Waals surface area contributed by atoms with Gasteiger partial charge in [0.1, 0.15) is 5.82 Å². The molecule has 1 unspecified atom stereocenters. The van der Waals surface area contributed by atoms with Gasteiger partial charge in [-0.1, -0.05) is 36.4 Å². The Morgan fingerprint density at radius 3 is 2.61 bits per heavy atom. The van der Waals surface area contributed by atoms with Crippen LogP contribution in [-0.4, -0.2) is 87.1 Å². The summed E-state index contributed by atoms with van der Waals surface area (Å²) in [6.45, 7) is 9.32. The number of hydrogen-bond acceptors (Lipinski definition) is 4. The normalized spacial score (nSPS) is 16.2. The van der Waals surface area contributed by atoms with E-state index in [0.717, 1.165) is 73.4 Å². The predicted molar refractivity (Wildman–Crippen MR) is 166 cm³/mol. The van der Waals surface area contributed by atoms with Crippen LogP contribution in [-0.2, 0) is 19.6 Å². The van der Waals surface area contributed by atoms with Gasteiger partial charge in [-0.15, -0.1) is 0 Å². The Hall–Kier alpha value is -3.10. The number of carbonyl (C=O) groups is 1. The summed E-state index contributed by atoms with van der Waals surface area (Å²) in [4.78, 5) is 17.7. The van der Waals surface area contributed by atoms with Crippen molar-refractivity contribution in [3.8, 4) is 11.1 Å². The van der Waals surface area contributed by atoms with Crippen LogP contribution in [0.3, 0.4) is 0 Å². The molecule has 2 N–H and O–H groups in total. The van der Waals surface area contributed by atoms with Crippen LogP contribution in [0, 0.1) is 5.82 Å². The first kappa shape index (κ1) is 30.8. The maximum Gasteiger partial charge on any atom is 0.251 e. The molecule has 1 aliphatic rings. The molecule has 1 aliphatic heterocycles. The lowest BCUT2D eigenvalue weighted by Crippen LogP contribution is -2.48. The van der Waals surface area contributed by atoms with Crippen molar-refractivity contribution in [1.29, 1.82) is 0 Å². The molecule has 0 aromatic heterocycles. The van der Waals surface area contributed by atoms with E-state index in [9.17, 15) is 9.18 Å². The Balaban J connectivity index is 1.35. The van der Waals surface area contributed by atoms with E-state index in [1.807, 2.05) is 36.4 Å². The third-order valence-corrected chi connectivity index (χ3v) is 7.59. The first-order valence-electron chi connectivity index (χ1n) is 14.8. The first-order valence-corrected chi connectivity index (χ1v) is 14.8. The van der Waals surface area contributed by atoms with Gasteiger partial charge in [0.2, 0.25) is 0 Å². The van der Waals surface area contributed by atoms with Crippen molar-refractivity contribution in [2.75, 3.05) is 60.9 Å². The van der Waals surface area contributed by atoms with Crippen molar-refractivity contribution in [2.24, 2.45) is 0 Å². The Kier molecular flexibility index (Phi) is 10.7. The van der Waals surface area contributed by atoms with Gasteiger partial charge in [-0.3, -0.25) is 9.69 Å². The van der Waals surface area contributed by atoms with Crippen LogP contribution in [0.5, 0.6) is 0 Å². The zero-order valence-electron chi connectivity index (χ0n) is 25.4. The summed E-state index contributed by atoms with van der Waals surface area (Å²) >= 11 is 0. The fourth-order valence-corrected chi connectivity index (χ4v) is 5.46. The first-order chi connectivity index (χ1) is 19.6. The highest BCUT2D eigenvalue weighted by Crippen LogP contribution is 2.26. The topological polar surface area (TPSA) is 47.6 Å². The third kappa shape index (κ3) is 9.75. The molecule has 1 amide bonds. The van der Waals surface area contributed by atoms with Gasteiger partial charge in [0.05, 0.1) is 27.7 Å². The van der Waals surface area contributed by atoms with Crippen LogP contribution < -0.4 is 10.6 Å². The molecule has 0 bridgehead atoms. The minimum absolute atomic E-state index is 0.127. The molecule has 0 spiro atoms. The molecule has 3 aromatic rings. The highest BCUT2D eigenvalue weighted by atomic mass is 19.1. The summed E-state index contributed by atoms with van der Waals surface area (Å²) in [7, 11) is 8.75. The van der Waals surface area contributed by atoms with Crippen LogP contribution >= 0.6 is 0 Å². The van der Waals surface area contributed by atoms with E-state index in [-0.39, 0.29) is 11.7 Å². The number of hydrogen-bond donors (Lipinski definition) is 2. The maximum absolute atomic E-state index is 14.9. The summed E-state index contributed by atoms with van der Waals surface area (Å²) in [5, 5.41) is 6.50. The molecule has 3 aromatic carbocycles. The van der Waals surface area contributed by atoms with Gasteiger partial charge >= 0.3 is 0 Å². The molecular formula is C34H47FN5O+. The minimum atomic E-state index is -0.258. The van der Waals surface area contributed by atoms with E-state index < -0.39 is 0 Å². The molecule has 1 saturated heterocycles. The number of nitrogens with one attached hydrogen (secondary N) is 2. The minimum Gasteiger partial charge on any atom is -0.348 e. The summed E-state index contributed by atoms with van der Waals surface area (Å²) in [6.07, 6.45) is 1.12. The van der Waals surface area contributed by atoms with E-state index >= 15 is 0 Å². The summed E-state index contributed by atoms with van der Waals surface area (Å²) in [5.41, 5.74) is 5.21. The fourth-order valence-electron chi connectivity index (χ4n) is 5.46. The van der Waals surface area contributed by atoms with Gasteiger partial charge in [-0.25, -0.2) is 4.39 Å². The smallest absolute Gasteiger partial charge is 0.251 e. The van der Waals surface area contributed by atoms with E-state index in [1.54, 1.807) is 6.07 Å². The van der Waals surface area contributed by atoms with Gasteiger partial charge in [0, 0.05) is 69.4 Å². The highest BCUT2D eigenvalue weighted by Gasteiger charge is 2.16. The number of benzene rings is 3. The Morgan fingerprint density at radius 1 is 1.05 bits per heavy atom. The summed E-state index contributed by atoms with van der Waals surface area (Å²) in [5.74, 6) is -0.385. The molecule has 0 radical (unpaired) electrons. The van der Waals surface area contributed by atoms with Crippen LogP contribution in [0.2, 0.25) is 0 Å². The van der Waals surface area contributed by atoms with Gasteiger partial charge in [-0.05, 0) is 66.6 Å². The summed E-state index contributed by atoms with van der Waals surface area (Å²) < 4.78 is 15.9. The zero-order valence-corrected chi connectivity index (χ0v) is 25.4. The largest absolute Gasteiger partial charge is 0.348 e. The molecule has 1 fully saturated rings. The van der Waals surface area contributed by atoms with Crippen LogP contribution in [0.25, 0.3) is 11.1 Å². The maximum atomic E-state index is 14.9. The van der Waals surface area contributed by atoms with E-state index in [1.165, 1.54) is 11.6 Å². The number of amides is 1. The van der Waals surface area contributed by atoms with Crippen molar-refractivity contribution in [3.63, 3.8) is 0 Å². The SMILES string of the molecule is CC1CN(Cc2cccc(-c3cc(CNC(=O)c4cccc(CN(C)CCC[N+](C)(C)C)c4)ccc3F)c2)CCN1. The van der Waals surface area contributed by atoms with E-state index in [0.29, 0.717) is 23.7 Å². The molecule has 1 atom stereocenters. The molecular weight excluding hydrogens is 513 g/mol. The number of carbonyl (C=O) groups excluding carboxylic acids is 1. The molecule has 41 heavy (non-hydrogen) atoms. The lowest BCUT2D eigenvalue weighted by Gasteiger charge is -2.31. The molecule has 7 heteroatoms. The molecule has 220 valence electrons. The van der Waals surface area contributed by atoms with Crippen LogP contribution in [0.4, 0.5) is 4.39 Å². The van der Waals surface area contributed by atoms with Crippen molar-refractivity contribution in [1.82, 2.24) is 20.4 Å². The monoisotopic (exact) mass is 560 g/mol. The molecule has 4 rings (SSSR count). The number of nitrogens with zero attached hydrogens (tertiary/aromatic N) is 3. The van der Waals surface area contributed by atoms with Crippen molar-refractivity contribution >= 4 is 5.91 Å². The standard InChI is InChI=1S/C34H46FN5O/c1-26-23-39(17-15-36-26)25-29-10-6-11-30(19-29)32-21-27(13-14-33(32)35)22-37-34(41)31-12-7-9-28(20-31)24-38(2)16-8-18-40(3,4)5/h6-7,9-14,19-21,26,36H,8,15-18,22-25H2,1-5H3/p+1. The number of piperazine rings is 1. The molecule has 0 aliphatic carbocycles. The Bertz CT molecular complexity index is 1300. The van der Waals surface area contributed by atoms with Crippen molar-refractivity contribution < 1.29 is 13.7 Å². The van der Waals surface area contributed by atoms with Gasteiger partial charge < -0.3 is 20.0 Å². The lowest BCUT2D eigenvalue weighted by atomic mass is 10.00.